The van der Waals surface area contributed by atoms with Gasteiger partial charge < -0.3 is 10.6 Å². The minimum absolute atomic E-state index is 0.246. The van der Waals surface area contributed by atoms with Gasteiger partial charge in [-0.15, -0.1) is 0 Å². The summed E-state index contributed by atoms with van der Waals surface area (Å²) in [5.41, 5.74) is 1.74. The number of rotatable bonds is 6. The Morgan fingerprint density at radius 2 is 1.95 bits per heavy atom. The molecule has 0 saturated carbocycles. The van der Waals surface area contributed by atoms with E-state index in [-0.39, 0.29) is 18.3 Å². The van der Waals surface area contributed by atoms with Crippen molar-refractivity contribution >= 4 is 17.7 Å². The van der Waals surface area contributed by atoms with E-state index in [4.69, 9.17) is 0 Å². The third-order valence-electron chi connectivity index (χ3n) is 2.84. The molecule has 22 heavy (non-hydrogen) atoms. The number of guanidine groups is 1. The lowest BCUT2D eigenvalue weighted by Gasteiger charge is -2.14. The number of alkyl halides is 3. The quantitative estimate of drug-likeness (QED) is 0.475. The van der Waals surface area contributed by atoms with Crippen LogP contribution < -0.4 is 10.6 Å². The van der Waals surface area contributed by atoms with Crippen LogP contribution in [0, 0.1) is 5.82 Å². The zero-order chi connectivity index (χ0) is 16.6. The second kappa shape index (κ2) is 8.87. The van der Waals surface area contributed by atoms with Gasteiger partial charge >= 0.3 is 6.18 Å². The lowest BCUT2D eigenvalue weighted by Crippen LogP contribution is -2.38. The van der Waals surface area contributed by atoms with Gasteiger partial charge in [-0.1, -0.05) is 6.07 Å². The molecule has 2 N–H and O–H groups in total. The number of nitrogens with zero attached hydrogens (tertiary/aromatic N) is 1. The molecule has 0 bridgehead atoms. The highest BCUT2D eigenvalue weighted by atomic mass is 32.2. The van der Waals surface area contributed by atoms with Crippen LogP contribution in [0.4, 0.5) is 17.6 Å². The Labute approximate surface area is 131 Å². The van der Waals surface area contributed by atoms with E-state index in [1.165, 1.54) is 19.2 Å². The second-order valence-electron chi connectivity index (χ2n) is 4.56. The van der Waals surface area contributed by atoms with Gasteiger partial charge in [0.05, 0.1) is 6.42 Å². The van der Waals surface area contributed by atoms with Crippen molar-refractivity contribution in [3.05, 3.63) is 35.1 Å². The lowest BCUT2D eigenvalue weighted by molar-refractivity contribution is -0.132. The van der Waals surface area contributed by atoms with Crippen molar-refractivity contribution in [2.45, 2.75) is 24.9 Å². The largest absolute Gasteiger partial charge is 0.390 e. The topological polar surface area (TPSA) is 36.4 Å². The SMILES string of the molecule is CN=C(NCCC(F)(F)F)NCc1ccc(F)cc1CSC. The summed E-state index contributed by atoms with van der Waals surface area (Å²) in [5.74, 6) is 0.638. The van der Waals surface area contributed by atoms with Crippen LogP contribution in [0.2, 0.25) is 0 Å². The zero-order valence-corrected chi connectivity index (χ0v) is 13.2. The molecule has 0 amide bonds. The van der Waals surface area contributed by atoms with Crippen molar-refractivity contribution in [1.82, 2.24) is 10.6 Å². The van der Waals surface area contributed by atoms with E-state index >= 15 is 0 Å². The van der Waals surface area contributed by atoms with Crippen LogP contribution in [0.25, 0.3) is 0 Å². The summed E-state index contributed by atoms with van der Waals surface area (Å²) < 4.78 is 49.5. The van der Waals surface area contributed by atoms with Gasteiger partial charge in [0.15, 0.2) is 5.96 Å². The molecule has 3 nitrogen and oxygen atoms in total. The van der Waals surface area contributed by atoms with Crippen LogP contribution in [-0.4, -0.2) is 32.0 Å². The van der Waals surface area contributed by atoms with Crippen molar-refractivity contribution in [1.29, 1.82) is 0 Å². The first-order valence-electron chi connectivity index (χ1n) is 6.63. The fourth-order valence-electron chi connectivity index (χ4n) is 1.78. The predicted octanol–water partition coefficient (Wildman–Crippen LogP) is 3.31. The van der Waals surface area contributed by atoms with E-state index in [1.54, 1.807) is 17.8 Å². The maximum Gasteiger partial charge on any atom is 0.390 e. The van der Waals surface area contributed by atoms with Crippen LogP contribution in [0.3, 0.4) is 0 Å². The second-order valence-corrected chi connectivity index (χ2v) is 5.43. The molecule has 1 aromatic rings. The molecule has 8 heteroatoms. The molecule has 0 unspecified atom stereocenters. The number of hydrogen-bond donors (Lipinski definition) is 2. The van der Waals surface area contributed by atoms with Gasteiger partial charge in [-0.25, -0.2) is 4.39 Å². The summed E-state index contributed by atoms with van der Waals surface area (Å²) >= 11 is 1.57. The van der Waals surface area contributed by atoms with E-state index < -0.39 is 12.6 Å². The molecule has 0 aliphatic carbocycles. The van der Waals surface area contributed by atoms with Gasteiger partial charge in [-0.2, -0.15) is 24.9 Å². The van der Waals surface area contributed by atoms with Crippen LogP contribution in [-0.2, 0) is 12.3 Å². The van der Waals surface area contributed by atoms with Gasteiger partial charge in [-0.3, -0.25) is 4.99 Å². The molecule has 0 aromatic heterocycles. The van der Waals surface area contributed by atoms with Gasteiger partial charge in [0.2, 0.25) is 0 Å². The Kier molecular flexibility index (Phi) is 7.50. The molecule has 0 saturated heterocycles. The van der Waals surface area contributed by atoms with Crippen LogP contribution >= 0.6 is 11.8 Å². The minimum Gasteiger partial charge on any atom is -0.356 e. The Morgan fingerprint density at radius 3 is 2.55 bits per heavy atom. The summed E-state index contributed by atoms with van der Waals surface area (Å²) in [7, 11) is 1.48. The predicted molar refractivity (Wildman–Crippen MR) is 82.5 cm³/mol. The fraction of sp³-hybridized carbons (Fsp3) is 0.500. The van der Waals surface area contributed by atoms with E-state index in [2.05, 4.69) is 15.6 Å². The number of halogens is 4. The summed E-state index contributed by atoms with van der Waals surface area (Å²) in [6.07, 6.45) is -3.21. The average molecular weight is 337 g/mol. The summed E-state index contributed by atoms with van der Waals surface area (Å²) in [6.45, 7) is 0.117. The van der Waals surface area contributed by atoms with E-state index in [0.717, 1.165) is 11.1 Å². The number of nitrogens with one attached hydrogen (secondary N) is 2. The molecule has 0 radical (unpaired) electrons. The first-order chi connectivity index (χ1) is 10.4. The third-order valence-corrected chi connectivity index (χ3v) is 3.44. The van der Waals surface area contributed by atoms with E-state index in [9.17, 15) is 17.6 Å². The maximum absolute atomic E-state index is 13.2. The first kappa shape index (κ1) is 18.6. The summed E-state index contributed by atoms with van der Waals surface area (Å²) in [6, 6.07) is 4.49. The molecular weight excluding hydrogens is 318 g/mol. The molecule has 1 rings (SSSR count). The molecule has 1 aromatic carbocycles. The Morgan fingerprint density at radius 1 is 1.23 bits per heavy atom. The number of benzene rings is 1. The number of hydrogen-bond acceptors (Lipinski definition) is 2. The van der Waals surface area contributed by atoms with E-state index in [1.807, 2.05) is 6.26 Å². The van der Waals surface area contributed by atoms with Crippen LogP contribution in [0.1, 0.15) is 17.5 Å². The van der Waals surface area contributed by atoms with E-state index in [0.29, 0.717) is 12.3 Å². The first-order valence-corrected chi connectivity index (χ1v) is 8.02. The zero-order valence-electron chi connectivity index (χ0n) is 12.4. The van der Waals surface area contributed by atoms with Crippen LogP contribution in [0.5, 0.6) is 0 Å². The maximum atomic E-state index is 13.2. The molecule has 0 aliphatic heterocycles. The Hall–Kier alpha value is -1.44. The number of thioether (sulfide) groups is 1. The Bertz CT molecular complexity index is 503. The standard InChI is InChI=1S/C14H19F4N3S/c1-19-13(20-6-5-14(16,17)18)21-8-10-3-4-12(15)7-11(10)9-22-2/h3-4,7H,5-6,8-9H2,1-2H3,(H2,19,20,21). The highest BCUT2D eigenvalue weighted by Gasteiger charge is 2.26. The van der Waals surface area contributed by atoms with Crippen molar-refractivity contribution in [2.75, 3.05) is 19.8 Å². The highest BCUT2D eigenvalue weighted by molar-refractivity contribution is 7.97. The molecular formula is C14H19F4N3S. The molecule has 0 spiro atoms. The van der Waals surface area contributed by atoms with Gasteiger partial charge in [0, 0.05) is 25.9 Å². The normalized spacial score (nSPS) is 12.4. The van der Waals surface area contributed by atoms with Gasteiger partial charge in [0.1, 0.15) is 5.82 Å². The van der Waals surface area contributed by atoms with Gasteiger partial charge in [0.25, 0.3) is 0 Å². The lowest BCUT2D eigenvalue weighted by atomic mass is 10.1. The van der Waals surface area contributed by atoms with Crippen molar-refractivity contribution < 1.29 is 17.6 Å². The van der Waals surface area contributed by atoms with Crippen LogP contribution in [0.15, 0.2) is 23.2 Å². The van der Waals surface area contributed by atoms with Crippen molar-refractivity contribution in [3.63, 3.8) is 0 Å². The molecule has 0 heterocycles. The highest BCUT2D eigenvalue weighted by Crippen LogP contribution is 2.18. The monoisotopic (exact) mass is 337 g/mol. The average Bonchev–Trinajstić information content (AvgIpc) is 2.43. The fourth-order valence-corrected chi connectivity index (χ4v) is 2.36. The summed E-state index contributed by atoms with van der Waals surface area (Å²) in [4.78, 5) is 3.86. The van der Waals surface area contributed by atoms with Gasteiger partial charge in [-0.05, 0) is 29.5 Å². The Balaban J connectivity index is 2.56. The van der Waals surface area contributed by atoms with Crippen molar-refractivity contribution in [2.24, 2.45) is 4.99 Å². The van der Waals surface area contributed by atoms with Crippen molar-refractivity contribution in [3.8, 4) is 0 Å². The molecule has 0 aliphatic rings. The number of aliphatic imine (C=N–C) groups is 1. The molecule has 0 fully saturated rings. The third kappa shape index (κ3) is 7.02. The smallest absolute Gasteiger partial charge is 0.356 e. The summed E-state index contributed by atoms with van der Waals surface area (Å²) in [5, 5.41) is 5.53. The molecule has 124 valence electrons. The minimum atomic E-state index is -4.20. The molecule has 0 atom stereocenters.